The highest BCUT2D eigenvalue weighted by atomic mass is 16.6. The summed E-state index contributed by atoms with van der Waals surface area (Å²) in [4.78, 5) is 30.3. The molecule has 2 N–H and O–H groups in total. The largest absolute Gasteiger partial charge is 0.450 e. The van der Waals surface area contributed by atoms with Crippen LogP contribution >= 0.6 is 0 Å². The molecule has 0 saturated carbocycles. The predicted octanol–water partition coefficient (Wildman–Crippen LogP) is 3.98. The highest BCUT2D eigenvalue weighted by Gasteiger charge is 2.23. The molecule has 1 aliphatic rings. The van der Waals surface area contributed by atoms with E-state index < -0.39 is 0 Å². The Kier molecular flexibility index (Phi) is 6.69. The van der Waals surface area contributed by atoms with Crippen LogP contribution in [0.2, 0.25) is 0 Å². The molecule has 3 rings (SSSR count). The SMILES string of the molecule is CCOC(=O)N1CCC(Nc2ccc(C(=O)Nc3cc(C)ccc3C)nc2)CC1. The first-order valence-corrected chi connectivity index (χ1v) is 9.99. The van der Waals surface area contributed by atoms with Gasteiger partial charge in [-0.05, 0) is 62.9 Å². The van der Waals surface area contributed by atoms with Crippen LogP contribution in [0.5, 0.6) is 0 Å². The molecule has 1 fully saturated rings. The van der Waals surface area contributed by atoms with Crippen LogP contribution in [0, 0.1) is 13.8 Å². The number of piperidine rings is 1. The number of rotatable bonds is 5. The van der Waals surface area contributed by atoms with Crippen LogP contribution in [-0.2, 0) is 4.74 Å². The minimum atomic E-state index is -0.244. The van der Waals surface area contributed by atoms with Crippen molar-refractivity contribution in [1.29, 1.82) is 0 Å². The van der Waals surface area contributed by atoms with Crippen LogP contribution in [0.3, 0.4) is 0 Å². The molecule has 0 atom stereocenters. The summed E-state index contributed by atoms with van der Waals surface area (Å²) in [7, 11) is 0. The van der Waals surface area contributed by atoms with E-state index in [1.165, 1.54) is 0 Å². The van der Waals surface area contributed by atoms with Gasteiger partial charge in [0.05, 0.1) is 18.5 Å². The first-order chi connectivity index (χ1) is 14.0. The van der Waals surface area contributed by atoms with E-state index in [0.29, 0.717) is 25.4 Å². The van der Waals surface area contributed by atoms with Crippen LogP contribution < -0.4 is 10.6 Å². The van der Waals surface area contributed by atoms with E-state index in [4.69, 9.17) is 4.74 Å². The number of carbonyl (C=O) groups excluding carboxylic acids is 2. The lowest BCUT2D eigenvalue weighted by molar-refractivity contribution is 0.0982. The number of nitrogens with zero attached hydrogens (tertiary/aromatic N) is 2. The second kappa shape index (κ2) is 9.41. The molecule has 7 heteroatoms. The van der Waals surface area contributed by atoms with Gasteiger partial charge >= 0.3 is 6.09 Å². The Morgan fingerprint density at radius 3 is 2.59 bits per heavy atom. The van der Waals surface area contributed by atoms with Gasteiger partial charge in [-0.15, -0.1) is 0 Å². The van der Waals surface area contributed by atoms with E-state index in [0.717, 1.165) is 35.3 Å². The standard InChI is InChI=1S/C22H28N4O3/c1-4-29-22(28)26-11-9-17(10-12-26)24-18-7-8-19(23-14-18)21(27)25-20-13-15(2)5-6-16(20)3/h5-8,13-14,17,24H,4,9-12H2,1-3H3,(H,25,27). The molecule has 1 aromatic heterocycles. The number of aromatic nitrogens is 1. The van der Waals surface area contributed by atoms with Crippen molar-refractivity contribution in [3.05, 3.63) is 53.3 Å². The summed E-state index contributed by atoms with van der Waals surface area (Å²) < 4.78 is 5.05. The molecule has 0 unspecified atom stereocenters. The van der Waals surface area contributed by atoms with Crippen molar-refractivity contribution in [2.24, 2.45) is 0 Å². The summed E-state index contributed by atoms with van der Waals surface area (Å²) >= 11 is 0. The summed E-state index contributed by atoms with van der Waals surface area (Å²) in [5.74, 6) is -0.229. The number of pyridine rings is 1. The van der Waals surface area contributed by atoms with E-state index in [9.17, 15) is 9.59 Å². The molecule has 0 bridgehead atoms. The Labute approximate surface area is 171 Å². The number of hydrogen-bond donors (Lipinski definition) is 2. The maximum atomic E-state index is 12.5. The molecule has 2 amide bonds. The van der Waals surface area contributed by atoms with Crippen molar-refractivity contribution >= 4 is 23.4 Å². The molecule has 7 nitrogen and oxygen atoms in total. The third-order valence-electron chi connectivity index (χ3n) is 5.03. The number of hydrogen-bond acceptors (Lipinski definition) is 5. The van der Waals surface area contributed by atoms with Crippen molar-refractivity contribution in [1.82, 2.24) is 9.88 Å². The number of nitrogens with one attached hydrogen (secondary N) is 2. The highest BCUT2D eigenvalue weighted by molar-refractivity contribution is 6.03. The van der Waals surface area contributed by atoms with Crippen LogP contribution in [0.1, 0.15) is 41.4 Å². The van der Waals surface area contributed by atoms with Gasteiger partial charge in [0.1, 0.15) is 5.69 Å². The lowest BCUT2D eigenvalue weighted by Gasteiger charge is -2.32. The fraction of sp³-hybridized carbons (Fsp3) is 0.409. The number of carbonyl (C=O) groups is 2. The maximum Gasteiger partial charge on any atom is 0.409 e. The zero-order valence-electron chi connectivity index (χ0n) is 17.2. The predicted molar refractivity (Wildman–Crippen MR) is 113 cm³/mol. The highest BCUT2D eigenvalue weighted by Crippen LogP contribution is 2.19. The monoisotopic (exact) mass is 396 g/mol. The van der Waals surface area contributed by atoms with Gasteiger partial charge in [-0.2, -0.15) is 0 Å². The zero-order valence-corrected chi connectivity index (χ0v) is 17.2. The lowest BCUT2D eigenvalue weighted by atomic mass is 10.1. The van der Waals surface area contributed by atoms with Gasteiger partial charge in [0.2, 0.25) is 0 Å². The van der Waals surface area contributed by atoms with Crippen LogP contribution in [0.4, 0.5) is 16.2 Å². The van der Waals surface area contributed by atoms with Crippen molar-refractivity contribution in [3.63, 3.8) is 0 Å². The fourth-order valence-corrected chi connectivity index (χ4v) is 3.33. The number of benzene rings is 1. The quantitative estimate of drug-likeness (QED) is 0.799. The average molecular weight is 396 g/mol. The smallest absolute Gasteiger partial charge is 0.409 e. The third-order valence-corrected chi connectivity index (χ3v) is 5.03. The average Bonchev–Trinajstić information content (AvgIpc) is 2.72. The molecular weight excluding hydrogens is 368 g/mol. The van der Waals surface area contributed by atoms with Gasteiger partial charge < -0.3 is 20.3 Å². The number of aryl methyl sites for hydroxylation is 2. The molecule has 29 heavy (non-hydrogen) atoms. The molecular formula is C22H28N4O3. The van der Waals surface area contributed by atoms with Crippen LogP contribution in [0.25, 0.3) is 0 Å². The fourth-order valence-electron chi connectivity index (χ4n) is 3.33. The van der Waals surface area contributed by atoms with E-state index >= 15 is 0 Å². The molecule has 1 aromatic carbocycles. The molecule has 2 aromatic rings. The number of likely N-dealkylation sites (tertiary alicyclic amines) is 1. The van der Waals surface area contributed by atoms with Crippen LogP contribution in [-0.4, -0.2) is 47.6 Å². The molecule has 2 heterocycles. The Morgan fingerprint density at radius 2 is 1.93 bits per heavy atom. The van der Waals surface area contributed by atoms with E-state index in [-0.39, 0.29) is 18.0 Å². The Hall–Kier alpha value is -3.09. The van der Waals surface area contributed by atoms with Gasteiger partial charge in [0, 0.05) is 24.8 Å². The molecule has 154 valence electrons. The summed E-state index contributed by atoms with van der Waals surface area (Å²) in [6.07, 6.45) is 3.11. The molecule has 0 spiro atoms. The van der Waals surface area contributed by atoms with E-state index in [2.05, 4.69) is 15.6 Å². The van der Waals surface area contributed by atoms with Crippen LogP contribution in [0.15, 0.2) is 36.5 Å². The minimum absolute atomic E-state index is 0.229. The molecule has 1 saturated heterocycles. The first kappa shape index (κ1) is 20.6. The first-order valence-electron chi connectivity index (χ1n) is 9.99. The lowest BCUT2D eigenvalue weighted by Crippen LogP contribution is -2.42. The third kappa shape index (κ3) is 5.47. The van der Waals surface area contributed by atoms with Gasteiger partial charge in [0.15, 0.2) is 0 Å². The second-order valence-corrected chi connectivity index (χ2v) is 7.31. The van der Waals surface area contributed by atoms with Crippen molar-refractivity contribution in [3.8, 4) is 0 Å². The van der Waals surface area contributed by atoms with E-state index in [1.54, 1.807) is 17.2 Å². The second-order valence-electron chi connectivity index (χ2n) is 7.31. The topological polar surface area (TPSA) is 83.6 Å². The Morgan fingerprint density at radius 1 is 1.17 bits per heavy atom. The van der Waals surface area contributed by atoms with Gasteiger partial charge in [-0.3, -0.25) is 4.79 Å². The van der Waals surface area contributed by atoms with Gasteiger partial charge in [0.25, 0.3) is 5.91 Å². The van der Waals surface area contributed by atoms with Crippen molar-refractivity contribution < 1.29 is 14.3 Å². The van der Waals surface area contributed by atoms with Gasteiger partial charge in [-0.25, -0.2) is 9.78 Å². The van der Waals surface area contributed by atoms with E-state index in [1.807, 2.05) is 45.0 Å². The normalized spacial score (nSPS) is 14.4. The molecule has 0 radical (unpaired) electrons. The number of anilines is 2. The van der Waals surface area contributed by atoms with Crippen molar-refractivity contribution in [2.75, 3.05) is 30.3 Å². The summed E-state index contributed by atoms with van der Waals surface area (Å²) in [6, 6.07) is 9.79. The summed E-state index contributed by atoms with van der Waals surface area (Å²) in [6.45, 7) is 7.49. The molecule has 1 aliphatic heterocycles. The van der Waals surface area contributed by atoms with Gasteiger partial charge in [-0.1, -0.05) is 12.1 Å². The van der Waals surface area contributed by atoms with Crippen molar-refractivity contribution in [2.45, 2.75) is 39.7 Å². The Balaban J connectivity index is 1.53. The minimum Gasteiger partial charge on any atom is -0.450 e. The maximum absolute atomic E-state index is 12.5. The number of ether oxygens (including phenoxy) is 1. The Bertz CT molecular complexity index is 859. The number of amides is 2. The molecule has 0 aliphatic carbocycles. The summed E-state index contributed by atoms with van der Waals surface area (Å²) in [5, 5.41) is 6.35. The zero-order chi connectivity index (χ0) is 20.8. The summed E-state index contributed by atoms with van der Waals surface area (Å²) in [5.41, 5.74) is 4.13.